The first-order valence-corrected chi connectivity index (χ1v) is 10.9. The fraction of sp³-hybridized carbons (Fsp3) is 0.316. The minimum Gasteiger partial charge on any atom is -0.367 e. The summed E-state index contributed by atoms with van der Waals surface area (Å²) >= 11 is 0. The second-order valence-corrected chi connectivity index (χ2v) is 8.80. The van der Waals surface area contributed by atoms with Crippen molar-refractivity contribution >= 4 is 27.3 Å². The Hall–Kier alpha value is -3.05. The number of nitrogens with zero attached hydrogens (tertiary/aromatic N) is 3. The molecule has 1 aliphatic heterocycles. The van der Waals surface area contributed by atoms with Crippen molar-refractivity contribution < 1.29 is 22.5 Å². The zero-order chi connectivity index (χ0) is 21.7. The van der Waals surface area contributed by atoms with Crippen LogP contribution in [0.15, 0.2) is 48.5 Å². The van der Waals surface area contributed by atoms with Crippen molar-refractivity contribution in [3.05, 3.63) is 70.0 Å². The number of hydrogen-bond acceptors (Lipinski definition) is 6. The zero-order valence-corrected chi connectivity index (χ0v) is 16.8. The Morgan fingerprint density at radius 3 is 2.30 bits per heavy atom. The van der Waals surface area contributed by atoms with Gasteiger partial charge in [0, 0.05) is 50.4 Å². The van der Waals surface area contributed by atoms with E-state index in [4.69, 9.17) is 0 Å². The average molecular weight is 436 g/mol. The first-order chi connectivity index (χ1) is 14.3. The van der Waals surface area contributed by atoms with Crippen molar-refractivity contribution in [1.82, 2.24) is 9.62 Å². The number of amides is 1. The minimum atomic E-state index is -3.59. The van der Waals surface area contributed by atoms with Crippen LogP contribution in [0.3, 0.4) is 0 Å². The van der Waals surface area contributed by atoms with Crippen LogP contribution in [-0.4, -0.2) is 62.0 Å². The van der Waals surface area contributed by atoms with E-state index in [1.807, 2.05) is 0 Å². The number of para-hydroxylation sites is 1. The molecular weight excluding hydrogens is 415 g/mol. The number of non-ortho nitro benzene ring substituents is 1. The van der Waals surface area contributed by atoms with Gasteiger partial charge in [-0.2, -0.15) is 4.31 Å². The van der Waals surface area contributed by atoms with Crippen LogP contribution in [0.5, 0.6) is 0 Å². The molecule has 0 bridgehead atoms. The lowest BCUT2D eigenvalue weighted by Gasteiger charge is -2.35. The summed E-state index contributed by atoms with van der Waals surface area (Å²) in [7, 11) is -3.59. The number of nitrogens with one attached hydrogen (secondary N) is 1. The van der Waals surface area contributed by atoms with E-state index in [2.05, 4.69) is 5.32 Å². The molecule has 0 aromatic heterocycles. The highest BCUT2D eigenvalue weighted by atomic mass is 32.2. The molecule has 0 unspecified atom stereocenters. The fourth-order valence-corrected chi connectivity index (χ4v) is 4.51. The van der Waals surface area contributed by atoms with Gasteiger partial charge in [0.1, 0.15) is 5.82 Å². The molecule has 9 nitrogen and oxygen atoms in total. The number of nitro benzene ring substituents is 1. The number of anilines is 1. The second-order valence-electron chi connectivity index (χ2n) is 6.71. The van der Waals surface area contributed by atoms with Crippen LogP contribution in [0, 0.1) is 15.9 Å². The molecule has 1 fully saturated rings. The minimum absolute atomic E-state index is 0.0916. The van der Waals surface area contributed by atoms with Crippen LogP contribution in [0.2, 0.25) is 0 Å². The maximum absolute atomic E-state index is 13.9. The van der Waals surface area contributed by atoms with Crippen LogP contribution in [0.25, 0.3) is 0 Å². The largest absolute Gasteiger partial charge is 0.367 e. The normalized spacial score (nSPS) is 15.0. The Morgan fingerprint density at radius 1 is 1.07 bits per heavy atom. The number of carbonyl (C=O) groups excluding carboxylic acids is 1. The number of halogens is 1. The van der Waals surface area contributed by atoms with E-state index < -0.39 is 20.9 Å². The second kappa shape index (κ2) is 9.18. The van der Waals surface area contributed by atoms with Crippen molar-refractivity contribution in [1.29, 1.82) is 0 Å². The van der Waals surface area contributed by atoms with Crippen LogP contribution < -0.4 is 10.2 Å². The molecule has 30 heavy (non-hydrogen) atoms. The summed E-state index contributed by atoms with van der Waals surface area (Å²) in [6, 6.07) is 11.4. The maximum atomic E-state index is 13.9. The molecule has 1 aliphatic rings. The van der Waals surface area contributed by atoms with Crippen molar-refractivity contribution in [3.63, 3.8) is 0 Å². The number of rotatable bonds is 7. The third-order valence-corrected chi connectivity index (χ3v) is 6.68. The number of carbonyl (C=O) groups is 1. The van der Waals surface area contributed by atoms with Gasteiger partial charge < -0.3 is 10.2 Å². The molecule has 160 valence electrons. The summed E-state index contributed by atoms with van der Waals surface area (Å²) in [6.45, 7) is 1.11. The lowest BCUT2D eigenvalue weighted by Crippen LogP contribution is -2.50. The van der Waals surface area contributed by atoms with E-state index in [-0.39, 0.29) is 42.5 Å². The van der Waals surface area contributed by atoms with E-state index in [1.165, 1.54) is 34.6 Å². The Bertz CT molecular complexity index is 1020. The third kappa shape index (κ3) is 5.10. The Labute approximate surface area is 173 Å². The monoisotopic (exact) mass is 436 g/mol. The van der Waals surface area contributed by atoms with Crippen LogP contribution in [0.4, 0.5) is 15.8 Å². The van der Waals surface area contributed by atoms with Crippen LogP contribution >= 0.6 is 0 Å². The molecule has 2 aromatic rings. The van der Waals surface area contributed by atoms with Gasteiger partial charge in [-0.25, -0.2) is 12.8 Å². The Morgan fingerprint density at radius 2 is 1.70 bits per heavy atom. The summed E-state index contributed by atoms with van der Waals surface area (Å²) in [4.78, 5) is 24.0. The highest BCUT2D eigenvalue weighted by Crippen LogP contribution is 2.21. The molecule has 0 spiro atoms. The Balaban J connectivity index is 1.49. The maximum Gasteiger partial charge on any atom is 0.269 e. The summed E-state index contributed by atoms with van der Waals surface area (Å²) in [5, 5.41) is 13.2. The van der Waals surface area contributed by atoms with Crippen molar-refractivity contribution in [2.45, 2.75) is 0 Å². The van der Waals surface area contributed by atoms with E-state index >= 15 is 0 Å². The highest BCUT2D eigenvalue weighted by Gasteiger charge is 2.27. The average Bonchev–Trinajstić information content (AvgIpc) is 2.74. The topological polar surface area (TPSA) is 113 Å². The summed E-state index contributed by atoms with van der Waals surface area (Å²) in [6.07, 6.45) is 0. The molecular formula is C19H21FN4O5S. The van der Waals surface area contributed by atoms with Gasteiger partial charge >= 0.3 is 0 Å². The van der Waals surface area contributed by atoms with Crippen molar-refractivity contribution in [2.75, 3.05) is 43.4 Å². The van der Waals surface area contributed by atoms with Crippen LogP contribution in [-0.2, 0) is 10.0 Å². The van der Waals surface area contributed by atoms with Crippen LogP contribution in [0.1, 0.15) is 10.4 Å². The van der Waals surface area contributed by atoms with Crippen molar-refractivity contribution in [3.8, 4) is 0 Å². The molecule has 1 N–H and O–H groups in total. The molecule has 3 rings (SSSR count). The lowest BCUT2D eigenvalue weighted by atomic mass is 10.2. The smallest absolute Gasteiger partial charge is 0.269 e. The summed E-state index contributed by atoms with van der Waals surface area (Å²) < 4.78 is 40.3. The van der Waals surface area contributed by atoms with Gasteiger partial charge in [-0.1, -0.05) is 12.1 Å². The standard InChI is InChI=1S/C19H21FN4O5S/c20-17-3-1-2-4-18(17)22-10-12-23(13-11-22)30(28,29)14-9-21-19(25)15-5-7-16(8-6-15)24(26)27/h1-8H,9-14H2,(H,21,25). The predicted octanol–water partition coefficient (Wildman–Crippen LogP) is 1.62. The zero-order valence-electron chi connectivity index (χ0n) is 16.0. The molecule has 1 saturated heterocycles. The molecule has 0 saturated carbocycles. The molecule has 1 heterocycles. The number of sulfonamides is 1. The molecule has 0 atom stereocenters. The van der Waals surface area contributed by atoms with E-state index in [0.717, 1.165) is 0 Å². The van der Waals surface area contributed by atoms with Gasteiger partial charge in [0.25, 0.3) is 11.6 Å². The van der Waals surface area contributed by atoms with Gasteiger partial charge in [0.15, 0.2) is 0 Å². The fourth-order valence-electron chi connectivity index (χ4n) is 3.17. The number of hydrogen-bond donors (Lipinski definition) is 1. The van der Waals surface area contributed by atoms with Crippen molar-refractivity contribution in [2.24, 2.45) is 0 Å². The lowest BCUT2D eigenvalue weighted by molar-refractivity contribution is -0.384. The Kier molecular flexibility index (Phi) is 6.63. The molecule has 0 aliphatic carbocycles. The number of benzene rings is 2. The van der Waals surface area contributed by atoms with Gasteiger partial charge in [-0.15, -0.1) is 0 Å². The van der Waals surface area contributed by atoms with Gasteiger partial charge in [0.2, 0.25) is 10.0 Å². The molecule has 1 amide bonds. The van der Waals surface area contributed by atoms with Gasteiger partial charge in [0.05, 0.1) is 16.4 Å². The van der Waals surface area contributed by atoms with E-state index in [1.54, 1.807) is 23.1 Å². The van der Waals surface area contributed by atoms with E-state index in [0.29, 0.717) is 18.8 Å². The van der Waals surface area contributed by atoms with Gasteiger partial charge in [-0.05, 0) is 24.3 Å². The summed E-state index contributed by atoms with van der Waals surface area (Å²) in [5.41, 5.74) is 0.519. The number of nitro groups is 1. The third-order valence-electron chi connectivity index (χ3n) is 4.81. The molecule has 2 aromatic carbocycles. The molecule has 11 heteroatoms. The predicted molar refractivity (Wildman–Crippen MR) is 109 cm³/mol. The summed E-state index contributed by atoms with van der Waals surface area (Å²) in [5.74, 6) is -1.13. The first-order valence-electron chi connectivity index (χ1n) is 9.28. The molecule has 0 radical (unpaired) electrons. The van der Waals surface area contributed by atoms with E-state index in [9.17, 15) is 27.7 Å². The number of piperazine rings is 1. The highest BCUT2D eigenvalue weighted by molar-refractivity contribution is 7.89. The SMILES string of the molecule is O=C(NCCS(=O)(=O)N1CCN(c2ccccc2F)CC1)c1ccc([N+](=O)[O-])cc1. The first kappa shape index (κ1) is 21.7. The quantitative estimate of drug-likeness (QED) is 0.521. The van der Waals surface area contributed by atoms with Gasteiger partial charge in [-0.3, -0.25) is 14.9 Å².